The van der Waals surface area contributed by atoms with Gasteiger partial charge in [0.05, 0.1) is 0 Å². The maximum absolute atomic E-state index is 8.67. The topological polar surface area (TPSA) is 54.4 Å². The molecule has 1 N–H and O–H groups in total. The predicted octanol–water partition coefficient (Wildman–Crippen LogP) is -3.68. The van der Waals surface area contributed by atoms with Crippen molar-refractivity contribution >= 4 is 0 Å². The van der Waals surface area contributed by atoms with Crippen LogP contribution in [0.25, 0.3) is 0 Å². The van der Waals surface area contributed by atoms with E-state index in [0.717, 1.165) is 0 Å². The zero-order chi connectivity index (χ0) is 3.58. The SMILES string of the molecule is [Ce].[H-].[Li+].[O]=[V](=[O])[OH]. The minimum atomic E-state index is -3.69. The number of rotatable bonds is 0. The molecule has 0 unspecified atom stereocenters. The first kappa shape index (κ1) is 15.7. The van der Waals surface area contributed by atoms with Crippen molar-refractivity contribution in [3.63, 3.8) is 0 Å². The van der Waals surface area contributed by atoms with E-state index in [4.69, 9.17) is 11.4 Å². The average molecular weight is 248 g/mol. The summed E-state index contributed by atoms with van der Waals surface area (Å²) >= 11 is -3.69. The molecule has 6 heteroatoms. The molecule has 30 valence electrons. The molecule has 0 radical (unpaired) electrons. The first-order chi connectivity index (χ1) is 1.73. The standard InChI is InChI=1S/Ce.Li.H2O.2O.V.H/h;;1H2;;;;/q;+1;;;;+1;-1/p-1. The molecule has 0 amide bonds. The molecule has 0 aliphatic heterocycles. The summed E-state index contributed by atoms with van der Waals surface area (Å²) in [6.45, 7) is 0. The molecule has 0 heterocycles. The van der Waals surface area contributed by atoms with Crippen molar-refractivity contribution in [3.8, 4) is 0 Å². The van der Waals surface area contributed by atoms with Crippen LogP contribution in [-0.2, 0) is 22.7 Å². The average Bonchev–Trinajstić information content (AvgIpc) is 0.811. The Morgan fingerprint density at radius 2 is 1.50 bits per heavy atom. The Hall–Kier alpha value is 2.12. The van der Waals surface area contributed by atoms with Gasteiger partial charge in [0.15, 0.2) is 0 Å². The summed E-state index contributed by atoms with van der Waals surface area (Å²) in [6, 6.07) is 0. The molecule has 6 heavy (non-hydrogen) atoms. The fourth-order valence-corrected chi connectivity index (χ4v) is 0. The van der Waals surface area contributed by atoms with E-state index in [-0.39, 0.29) is 62.0 Å². The molecule has 0 saturated carbocycles. The van der Waals surface area contributed by atoms with Crippen LogP contribution >= 0.6 is 0 Å². The fraction of sp³-hybridized carbons (Fsp3) is 0. The first-order valence-electron chi connectivity index (χ1n) is 0.565. The van der Waals surface area contributed by atoms with Crippen molar-refractivity contribution in [2.75, 3.05) is 0 Å². The molecule has 0 fully saturated rings. The monoisotopic (exact) mass is 248 g/mol. The van der Waals surface area contributed by atoms with Gasteiger partial charge in [-0.3, -0.25) is 0 Å². The Morgan fingerprint density at radius 1 is 1.50 bits per heavy atom. The molecule has 0 atom stereocenters. The van der Waals surface area contributed by atoms with Crippen LogP contribution in [0.2, 0.25) is 0 Å². The van der Waals surface area contributed by atoms with E-state index in [2.05, 4.69) is 0 Å². The third-order valence-electron chi connectivity index (χ3n) is 0. The molecule has 0 aliphatic rings. The molecular formula is H2CeLiO3V. The summed E-state index contributed by atoms with van der Waals surface area (Å²) in [6.07, 6.45) is 0. The number of hydrogen-bond donors (Lipinski definition) is 1. The maximum atomic E-state index is 8.67. The van der Waals surface area contributed by atoms with Crippen LogP contribution in [0.3, 0.4) is 0 Å². The Labute approximate surface area is 87.3 Å². The minimum absolute atomic E-state index is 0. The van der Waals surface area contributed by atoms with Gasteiger partial charge in [0.25, 0.3) is 0 Å². The Kier molecular flexibility index (Phi) is 26.6. The zero-order valence-corrected chi connectivity index (χ0v) is 7.75. The fourth-order valence-electron chi connectivity index (χ4n) is 0. The molecule has 0 spiro atoms. The van der Waals surface area contributed by atoms with Gasteiger partial charge in [-0.1, -0.05) is 0 Å². The zero-order valence-electron chi connectivity index (χ0n) is 4.21. The third kappa shape index (κ3) is 35.7. The van der Waals surface area contributed by atoms with Gasteiger partial charge >= 0.3 is 45.6 Å². The second-order valence-corrected chi connectivity index (χ2v) is 0.981. The van der Waals surface area contributed by atoms with Crippen molar-refractivity contribution in [2.24, 2.45) is 0 Å². The molecule has 0 bridgehead atoms. The van der Waals surface area contributed by atoms with Crippen LogP contribution in [-0.4, -0.2) is 4.03 Å². The van der Waals surface area contributed by atoms with E-state index in [1.807, 2.05) is 0 Å². The van der Waals surface area contributed by atoms with Crippen LogP contribution in [0.15, 0.2) is 0 Å². The van der Waals surface area contributed by atoms with Gasteiger partial charge in [0.1, 0.15) is 0 Å². The molecular weight excluding hydrogens is 246 g/mol. The van der Waals surface area contributed by atoms with Crippen LogP contribution in [0.4, 0.5) is 0 Å². The van der Waals surface area contributed by atoms with Gasteiger partial charge in [-0.2, -0.15) is 0 Å². The van der Waals surface area contributed by atoms with Crippen molar-refractivity contribution in [2.45, 2.75) is 0 Å². The molecule has 0 aromatic rings. The third-order valence-corrected chi connectivity index (χ3v) is 0. The number of hydrogen-bond acceptors (Lipinski definition) is 2. The molecule has 3 nitrogen and oxygen atoms in total. The van der Waals surface area contributed by atoms with E-state index in [1.54, 1.807) is 0 Å². The van der Waals surface area contributed by atoms with Gasteiger partial charge in [-0.15, -0.1) is 0 Å². The van der Waals surface area contributed by atoms with Crippen LogP contribution < -0.4 is 18.9 Å². The summed E-state index contributed by atoms with van der Waals surface area (Å²) in [4.78, 5) is 0. The van der Waals surface area contributed by atoms with E-state index >= 15 is 0 Å². The quantitative estimate of drug-likeness (QED) is 0.449. The molecule has 0 rings (SSSR count). The van der Waals surface area contributed by atoms with Gasteiger partial charge < -0.3 is 1.43 Å². The molecule has 0 aliphatic carbocycles. The van der Waals surface area contributed by atoms with Crippen LogP contribution in [0, 0.1) is 41.7 Å². The normalized spacial score (nSPS) is 4.17. The Balaban J connectivity index is -0.0000000150. The van der Waals surface area contributed by atoms with Crippen LogP contribution in [0.1, 0.15) is 1.43 Å². The van der Waals surface area contributed by atoms with E-state index in [1.165, 1.54) is 0 Å². The molecule has 0 aromatic heterocycles. The van der Waals surface area contributed by atoms with E-state index in [9.17, 15) is 0 Å². The second-order valence-electron chi connectivity index (χ2n) is 0.238. The van der Waals surface area contributed by atoms with Crippen molar-refractivity contribution < 1.29 is 88.8 Å². The first-order valence-corrected chi connectivity index (χ1v) is 2.33. The molecule has 0 aromatic carbocycles. The summed E-state index contributed by atoms with van der Waals surface area (Å²) < 4.78 is 24.4. The van der Waals surface area contributed by atoms with Crippen molar-refractivity contribution in [3.05, 3.63) is 0 Å². The van der Waals surface area contributed by atoms with Crippen molar-refractivity contribution in [1.29, 1.82) is 0 Å². The van der Waals surface area contributed by atoms with Crippen LogP contribution in [0.5, 0.6) is 0 Å². The van der Waals surface area contributed by atoms with Gasteiger partial charge in [-0.05, 0) is 0 Å². The van der Waals surface area contributed by atoms with Gasteiger partial charge in [0.2, 0.25) is 0 Å². The molecule has 0 saturated heterocycles. The van der Waals surface area contributed by atoms with E-state index in [0.29, 0.717) is 0 Å². The predicted molar refractivity (Wildman–Crippen MR) is 4.70 cm³/mol. The Bertz CT molecular complexity index is 63.3. The Morgan fingerprint density at radius 3 is 1.50 bits per heavy atom. The summed E-state index contributed by atoms with van der Waals surface area (Å²) in [5.74, 6) is 0. The van der Waals surface area contributed by atoms with Gasteiger partial charge in [0, 0.05) is 41.7 Å². The van der Waals surface area contributed by atoms with E-state index < -0.39 is 15.4 Å². The second kappa shape index (κ2) is 10.2. The summed E-state index contributed by atoms with van der Waals surface area (Å²) in [5.41, 5.74) is 0. The van der Waals surface area contributed by atoms with Gasteiger partial charge in [-0.25, -0.2) is 0 Å². The summed E-state index contributed by atoms with van der Waals surface area (Å²) in [5, 5.41) is 0. The summed E-state index contributed by atoms with van der Waals surface area (Å²) in [7, 11) is 0. The van der Waals surface area contributed by atoms with Crippen molar-refractivity contribution in [1.82, 2.24) is 0 Å².